The quantitative estimate of drug-likeness (QED) is 0.303. The molecule has 0 unspecified atom stereocenters. The van der Waals surface area contributed by atoms with Gasteiger partial charge in [0.2, 0.25) is 10.0 Å². The second-order valence-electron chi connectivity index (χ2n) is 12.6. The Morgan fingerprint density at radius 2 is 1.82 bits per heavy atom. The summed E-state index contributed by atoms with van der Waals surface area (Å²) in [6.45, 7) is 5.60. The van der Waals surface area contributed by atoms with Crippen LogP contribution in [0, 0.1) is 17.3 Å². The fraction of sp³-hybridized carbons (Fsp3) is 0.452. The van der Waals surface area contributed by atoms with Gasteiger partial charge in [-0.25, -0.2) is 18.4 Å². The first-order valence-corrected chi connectivity index (χ1v) is 15.9. The number of carbonyl (C=O) groups is 1. The average molecular weight is 648 g/mol. The number of hydrogen-bond donors (Lipinski definition) is 3. The van der Waals surface area contributed by atoms with E-state index >= 15 is 0 Å². The van der Waals surface area contributed by atoms with Gasteiger partial charge in [-0.05, 0) is 69.9 Å². The number of primary sulfonamides is 1. The predicted octanol–water partition coefficient (Wildman–Crippen LogP) is 5.13. The van der Waals surface area contributed by atoms with E-state index in [2.05, 4.69) is 22.5 Å². The monoisotopic (exact) mass is 647 g/mol. The van der Waals surface area contributed by atoms with Crippen LogP contribution in [0.2, 0.25) is 0 Å². The lowest BCUT2D eigenvalue weighted by molar-refractivity contribution is -0.140. The molecule has 0 bridgehead atoms. The Balaban J connectivity index is 1.29. The average Bonchev–Trinajstić information content (AvgIpc) is 3.21. The highest BCUT2D eigenvalue weighted by atomic mass is 32.2. The third-order valence-corrected chi connectivity index (χ3v) is 8.70. The number of anilines is 2. The second kappa shape index (κ2) is 11.7. The summed E-state index contributed by atoms with van der Waals surface area (Å²) >= 11 is 0. The number of carbonyl (C=O) groups excluding carboxylic acids is 1. The van der Waals surface area contributed by atoms with E-state index in [1.165, 1.54) is 25.3 Å². The highest BCUT2D eigenvalue weighted by molar-refractivity contribution is 7.89. The van der Waals surface area contributed by atoms with Crippen LogP contribution in [0.25, 0.3) is 10.9 Å². The molecular formula is C31H36F3N5O5S. The SMILES string of the molecule is COc1cc(S(N)(=O)=O)ccc1NCC#Cc1cc2c(NC3CC4(C3)CN(C(=O)OC(C)(C)C)C4)cccc2n1CC(F)(F)F. The Bertz CT molecular complexity index is 1770. The van der Waals surface area contributed by atoms with Gasteiger partial charge in [0.15, 0.2) is 0 Å². The lowest BCUT2D eigenvalue weighted by Gasteiger charge is -2.58. The summed E-state index contributed by atoms with van der Waals surface area (Å²) in [5.74, 6) is 5.94. The number of benzene rings is 2. The number of nitrogens with zero attached hydrogens (tertiary/aromatic N) is 2. The number of likely N-dealkylation sites (tertiary alicyclic amines) is 1. The molecule has 1 aromatic heterocycles. The van der Waals surface area contributed by atoms with Gasteiger partial charge in [0.25, 0.3) is 0 Å². The van der Waals surface area contributed by atoms with E-state index in [9.17, 15) is 26.4 Å². The molecule has 10 nitrogen and oxygen atoms in total. The molecule has 4 N–H and O–H groups in total. The van der Waals surface area contributed by atoms with Crippen molar-refractivity contribution < 1.29 is 35.9 Å². The van der Waals surface area contributed by atoms with Crippen LogP contribution < -0.4 is 20.5 Å². The number of nitrogens with one attached hydrogen (secondary N) is 2. The molecule has 0 radical (unpaired) electrons. The number of fused-ring (bicyclic) bond motifs is 1. The number of rotatable bonds is 7. The number of ether oxygens (including phenoxy) is 2. The highest BCUT2D eigenvalue weighted by Crippen LogP contribution is 2.50. The van der Waals surface area contributed by atoms with Crippen molar-refractivity contribution in [2.24, 2.45) is 10.6 Å². The maximum Gasteiger partial charge on any atom is 0.410 e. The smallest absolute Gasteiger partial charge is 0.410 e. The van der Waals surface area contributed by atoms with E-state index in [4.69, 9.17) is 14.6 Å². The number of methoxy groups -OCH3 is 1. The molecule has 45 heavy (non-hydrogen) atoms. The van der Waals surface area contributed by atoms with Crippen molar-refractivity contribution in [3.63, 3.8) is 0 Å². The molecule has 1 aliphatic heterocycles. The van der Waals surface area contributed by atoms with E-state index in [0.717, 1.165) is 23.1 Å². The summed E-state index contributed by atoms with van der Waals surface area (Å²) < 4.78 is 76.0. The van der Waals surface area contributed by atoms with Gasteiger partial charge in [-0.2, -0.15) is 13.2 Å². The van der Waals surface area contributed by atoms with Crippen LogP contribution >= 0.6 is 0 Å². The van der Waals surface area contributed by atoms with E-state index in [-0.39, 0.29) is 40.4 Å². The maximum atomic E-state index is 13.6. The molecule has 5 rings (SSSR count). The van der Waals surface area contributed by atoms with Crippen molar-refractivity contribution in [2.45, 2.75) is 62.9 Å². The summed E-state index contributed by atoms with van der Waals surface area (Å²) in [5.41, 5.74) is 1.26. The molecule has 14 heteroatoms. The molecule has 0 atom stereocenters. The summed E-state index contributed by atoms with van der Waals surface area (Å²) in [4.78, 5) is 13.9. The number of halogens is 3. The highest BCUT2D eigenvalue weighted by Gasteiger charge is 2.54. The summed E-state index contributed by atoms with van der Waals surface area (Å²) in [6.07, 6.45) is -3.10. The van der Waals surface area contributed by atoms with Crippen molar-refractivity contribution >= 4 is 38.4 Å². The zero-order chi connectivity index (χ0) is 32.8. The summed E-state index contributed by atoms with van der Waals surface area (Å²) in [7, 11) is -2.56. The number of alkyl halides is 3. The normalized spacial score (nSPS) is 16.4. The number of amides is 1. The lowest BCUT2D eigenvalue weighted by atomic mass is 9.60. The number of sulfonamides is 1. The third-order valence-electron chi connectivity index (χ3n) is 7.79. The van der Waals surface area contributed by atoms with Crippen LogP contribution in [0.1, 0.15) is 39.3 Å². The van der Waals surface area contributed by atoms with Crippen LogP contribution in [0.15, 0.2) is 47.4 Å². The minimum absolute atomic E-state index is 0.0376. The summed E-state index contributed by atoms with van der Waals surface area (Å²) in [6, 6.07) is 11.0. The summed E-state index contributed by atoms with van der Waals surface area (Å²) in [5, 5.41) is 12.3. The molecule has 1 saturated carbocycles. The molecule has 1 saturated heterocycles. The fourth-order valence-electron chi connectivity index (χ4n) is 5.92. The first kappa shape index (κ1) is 32.3. The Labute approximate surface area is 260 Å². The van der Waals surface area contributed by atoms with Crippen LogP contribution in [0.3, 0.4) is 0 Å². The molecule has 2 fully saturated rings. The number of hydrogen-bond acceptors (Lipinski definition) is 7. The zero-order valence-electron chi connectivity index (χ0n) is 25.4. The molecule has 1 amide bonds. The Morgan fingerprint density at radius 3 is 2.44 bits per heavy atom. The predicted molar refractivity (Wildman–Crippen MR) is 165 cm³/mol. The Hall–Kier alpha value is -4.09. The maximum absolute atomic E-state index is 13.6. The first-order chi connectivity index (χ1) is 21.0. The molecule has 3 aromatic rings. The molecule has 2 aromatic carbocycles. The minimum atomic E-state index is -4.47. The van der Waals surface area contributed by atoms with Gasteiger partial charge in [-0.3, -0.25) is 0 Å². The van der Waals surface area contributed by atoms with E-state index in [0.29, 0.717) is 29.7 Å². The molecule has 242 valence electrons. The van der Waals surface area contributed by atoms with E-state index in [1.54, 1.807) is 23.1 Å². The van der Waals surface area contributed by atoms with Gasteiger partial charge >= 0.3 is 12.3 Å². The standard InChI is InChI=1S/C31H36F3N5O5S/c1-29(2,3)44-28(40)38-17-30(18-38)15-20(16-30)37-24-8-5-9-26-23(24)13-21(39(26)19-31(32,33)34)7-6-12-36-25-11-10-22(45(35,41)42)14-27(25)43-4/h5,8-11,13-14,20,36-37H,12,15-19H2,1-4H3,(H2,35,41,42). The minimum Gasteiger partial charge on any atom is -0.495 e. The van der Waals surface area contributed by atoms with Gasteiger partial charge in [0.1, 0.15) is 17.9 Å². The lowest BCUT2D eigenvalue weighted by Crippen LogP contribution is -2.66. The van der Waals surface area contributed by atoms with Crippen molar-refractivity contribution in [3.8, 4) is 17.6 Å². The van der Waals surface area contributed by atoms with Crippen LogP contribution in [-0.2, 0) is 21.3 Å². The molecule has 2 aliphatic rings. The largest absolute Gasteiger partial charge is 0.495 e. The molecule has 1 spiro atoms. The van der Waals surface area contributed by atoms with Crippen LogP contribution in [0.5, 0.6) is 5.75 Å². The molecular weight excluding hydrogens is 611 g/mol. The molecule has 1 aliphatic carbocycles. The Morgan fingerprint density at radius 1 is 1.11 bits per heavy atom. The third kappa shape index (κ3) is 7.42. The topological polar surface area (TPSA) is 128 Å². The van der Waals surface area contributed by atoms with E-state index in [1.807, 2.05) is 26.8 Å². The van der Waals surface area contributed by atoms with Gasteiger partial charge in [0, 0.05) is 41.7 Å². The fourth-order valence-corrected chi connectivity index (χ4v) is 6.45. The van der Waals surface area contributed by atoms with Gasteiger partial charge in [0.05, 0.1) is 35.4 Å². The zero-order valence-corrected chi connectivity index (χ0v) is 26.2. The van der Waals surface area contributed by atoms with Gasteiger partial charge in [-0.15, -0.1) is 0 Å². The van der Waals surface area contributed by atoms with Crippen LogP contribution in [0.4, 0.5) is 29.3 Å². The van der Waals surface area contributed by atoms with E-state index < -0.39 is 28.3 Å². The molecule has 2 heterocycles. The number of aromatic nitrogens is 1. The number of nitrogens with two attached hydrogens (primary N) is 1. The van der Waals surface area contributed by atoms with Crippen molar-refractivity contribution in [1.29, 1.82) is 0 Å². The van der Waals surface area contributed by atoms with Crippen molar-refractivity contribution in [1.82, 2.24) is 9.47 Å². The second-order valence-corrected chi connectivity index (χ2v) is 14.2. The Kier molecular flexibility index (Phi) is 8.39. The van der Waals surface area contributed by atoms with Gasteiger partial charge < -0.3 is 29.6 Å². The van der Waals surface area contributed by atoms with Crippen LogP contribution in [-0.4, -0.2) is 68.5 Å². The van der Waals surface area contributed by atoms with Crippen molar-refractivity contribution in [3.05, 3.63) is 48.2 Å². The van der Waals surface area contributed by atoms with Gasteiger partial charge in [-0.1, -0.05) is 12.0 Å². The first-order valence-electron chi connectivity index (χ1n) is 14.3. The van der Waals surface area contributed by atoms with Crippen molar-refractivity contribution in [2.75, 3.05) is 37.4 Å².